The summed E-state index contributed by atoms with van der Waals surface area (Å²) in [5.41, 5.74) is 2.30. The van der Waals surface area contributed by atoms with Gasteiger partial charge in [-0.05, 0) is 43.7 Å². The van der Waals surface area contributed by atoms with Crippen molar-refractivity contribution < 1.29 is 14.7 Å². The number of carbonyl (C=O) groups excluding carboxylic acids is 1. The number of aromatic carboxylic acids is 1. The van der Waals surface area contributed by atoms with Crippen LogP contribution in [0.4, 0.5) is 0 Å². The van der Waals surface area contributed by atoms with Crippen molar-refractivity contribution in [3.8, 4) is 0 Å². The highest BCUT2D eigenvalue weighted by molar-refractivity contribution is 6.34. The van der Waals surface area contributed by atoms with Crippen LogP contribution in [0.1, 0.15) is 44.9 Å². The maximum atomic E-state index is 12.7. The first-order valence-corrected chi connectivity index (χ1v) is 9.05. The van der Waals surface area contributed by atoms with Crippen LogP contribution in [0, 0.1) is 12.8 Å². The Balaban J connectivity index is 1.64. The molecule has 1 fully saturated rings. The number of amides is 1. The van der Waals surface area contributed by atoms with Gasteiger partial charge in [-0.25, -0.2) is 4.79 Å². The van der Waals surface area contributed by atoms with Gasteiger partial charge in [0.25, 0.3) is 5.91 Å². The number of hydrogen-bond donors (Lipinski definition) is 1. The molecule has 2 aromatic rings. The fourth-order valence-electron chi connectivity index (χ4n) is 3.43. The summed E-state index contributed by atoms with van der Waals surface area (Å²) in [4.78, 5) is 25.8. The van der Waals surface area contributed by atoms with E-state index < -0.39 is 5.97 Å². The predicted octanol–water partition coefficient (Wildman–Crippen LogP) is 3.18. The summed E-state index contributed by atoms with van der Waals surface area (Å²) in [5, 5.41) is 14.0. The van der Waals surface area contributed by atoms with Gasteiger partial charge < -0.3 is 10.0 Å². The molecule has 0 atom stereocenters. The van der Waals surface area contributed by atoms with Crippen molar-refractivity contribution in [3.63, 3.8) is 0 Å². The van der Waals surface area contributed by atoms with Gasteiger partial charge >= 0.3 is 5.97 Å². The summed E-state index contributed by atoms with van der Waals surface area (Å²) in [5.74, 6) is -0.669. The molecule has 1 aromatic heterocycles. The quantitative estimate of drug-likeness (QED) is 0.890. The third-order valence-corrected chi connectivity index (χ3v) is 5.57. The molecule has 0 bridgehead atoms. The van der Waals surface area contributed by atoms with Gasteiger partial charge in [-0.3, -0.25) is 9.48 Å². The topological polar surface area (TPSA) is 75.4 Å². The van der Waals surface area contributed by atoms with Gasteiger partial charge in [-0.2, -0.15) is 5.10 Å². The molecule has 7 heteroatoms. The Morgan fingerprint density at radius 3 is 2.50 bits per heavy atom. The van der Waals surface area contributed by atoms with Crippen LogP contribution in [-0.2, 0) is 13.5 Å². The van der Waals surface area contributed by atoms with Crippen LogP contribution in [0.15, 0.2) is 24.3 Å². The molecule has 26 heavy (non-hydrogen) atoms. The van der Waals surface area contributed by atoms with E-state index in [2.05, 4.69) is 5.10 Å². The third-order valence-electron chi connectivity index (χ3n) is 5.12. The minimum Gasteiger partial charge on any atom is -0.478 e. The van der Waals surface area contributed by atoms with E-state index in [1.165, 1.54) is 0 Å². The van der Waals surface area contributed by atoms with E-state index in [4.69, 9.17) is 11.6 Å². The fourth-order valence-corrected chi connectivity index (χ4v) is 3.67. The molecule has 1 aromatic carbocycles. The van der Waals surface area contributed by atoms with Crippen molar-refractivity contribution in [3.05, 3.63) is 51.8 Å². The molecule has 0 aliphatic carbocycles. The van der Waals surface area contributed by atoms with Crippen molar-refractivity contribution in [1.29, 1.82) is 0 Å². The molecule has 3 rings (SSSR count). The molecule has 0 spiro atoms. The van der Waals surface area contributed by atoms with Crippen LogP contribution in [0.25, 0.3) is 0 Å². The number of hydrogen-bond acceptors (Lipinski definition) is 3. The number of carboxylic acids is 1. The average molecular weight is 376 g/mol. The third kappa shape index (κ3) is 3.60. The Hall–Kier alpha value is -2.34. The largest absolute Gasteiger partial charge is 0.478 e. The number of benzene rings is 1. The standard InChI is InChI=1S/C19H22ClN3O3/c1-12-16(20)17(21-22(12)2)18(24)23-9-7-13(8-10-23)11-14-5-3-4-6-15(14)19(25)26/h3-6,13H,7-11H2,1-2H3,(H,25,26). The van der Waals surface area contributed by atoms with Gasteiger partial charge in [-0.1, -0.05) is 29.8 Å². The van der Waals surface area contributed by atoms with Gasteiger partial charge in [0, 0.05) is 20.1 Å². The Kier molecular flexibility index (Phi) is 5.32. The number of nitrogens with zero attached hydrogens (tertiary/aromatic N) is 3. The first kappa shape index (κ1) is 18.5. The second kappa shape index (κ2) is 7.50. The molecule has 0 unspecified atom stereocenters. The normalized spacial score (nSPS) is 15.3. The summed E-state index contributed by atoms with van der Waals surface area (Å²) in [6.45, 7) is 3.09. The van der Waals surface area contributed by atoms with E-state index in [1.54, 1.807) is 28.8 Å². The summed E-state index contributed by atoms with van der Waals surface area (Å²) >= 11 is 6.22. The second-order valence-electron chi connectivity index (χ2n) is 6.77. The molecular weight excluding hydrogens is 354 g/mol. The van der Waals surface area contributed by atoms with Crippen LogP contribution in [0.5, 0.6) is 0 Å². The second-order valence-corrected chi connectivity index (χ2v) is 7.15. The minimum absolute atomic E-state index is 0.136. The fraction of sp³-hybridized carbons (Fsp3) is 0.421. The molecule has 6 nitrogen and oxygen atoms in total. The van der Waals surface area contributed by atoms with Crippen LogP contribution in [0.3, 0.4) is 0 Å². The number of aromatic nitrogens is 2. The summed E-state index contributed by atoms with van der Waals surface area (Å²) in [6, 6.07) is 7.12. The Morgan fingerprint density at radius 2 is 1.92 bits per heavy atom. The molecule has 0 saturated carbocycles. The van der Waals surface area contributed by atoms with E-state index in [-0.39, 0.29) is 5.91 Å². The lowest BCUT2D eigenvalue weighted by molar-refractivity contribution is 0.0684. The monoisotopic (exact) mass is 375 g/mol. The average Bonchev–Trinajstić information content (AvgIpc) is 2.89. The van der Waals surface area contributed by atoms with Crippen LogP contribution in [0.2, 0.25) is 5.02 Å². The highest BCUT2D eigenvalue weighted by atomic mass is 35.5. The SMILES string of the molecule is Cc1c(Cl)c(C(=O)N2CCC(Cc3ccccc3C(=O)O)CC2)nn1C. The Bertz CT molecular complexity index is 839. The number of halogens is 1. The van der Waals surface area contributed by atoms with Crippen LogP contribution in [-0.4, -0.2) is 44.8 Å². The lowest BCUT2D eigenvalue weighted by atomic mass is 9.88. The Morgan fingerprint density at radius 1 is 1.27 bits per heavy atom. The molecule has 2 heterocycles. The molecule has 138 valence electrons. The molecule has 1 N–H and O–H groups in total. The first-order chi connectivity index (χ1) is 12.4. The van der Waals surface area contributed by atoms with Crippen molar-refractivity contribution in [1.82, 2.24) is 14.7 Å². The molecule has 1 aliphatic heterocycles. The van der Waals surface area contributed by atoms with Gasteiger partial charge in [-0.15, -0.1) is 0 Å². The van der Waals surface area contributed by atoms with E-state index >= 15 is 0 Å². The van der Waals surface area contributed by atoms with E-state index in [1.807, 2.05) is 19.1 Å². The zero-order chi connectivity index (χ0) is 18.8. The van der Waals surface area contributed by atoms with E-state index in [0.29, 0.717) is 41.7 Å². The van der Waals surface area contributed by atoms with Gasteiger partial charge in [0.2, 0.25) is 0 Å². The Labute approximate surface area is 157 Å². The van der Waals surface area contributed by atoms with Crippen molar-refractivity contribution in [2.45, 2.75) is 26.2 Å². The number of carboxylic acid groups (broad SMARTS) is 1. The lowest BCUT2D eigenvalue weighted by Gasteiger charge is -2.32. The van der Waals surface area contributed by atoms with E-state index in [9.17, 15) is 14.7 Å². The van der Waals surface area contributed by atoms with E-state index in [0.717, 1.165) is 24.1 Å². The van der Waals surface area contributed by atoms with Crippen molar-refractivity contribution in [2.24, 2.45) is 13.0 Å². The summed E-state index contributed by atoms with van der Waals surface area (Å²) in [6.07, 6.45) is 2.39. The van der Waals surface area contributed by atoms with Gasteiger partial charge in [0.1, 0.15) is 0 Å². The van der Waals surface area contributed by atoms with Crippen LogP contribution >= 0.6 is 11.6 Å². The van der Waals surface area contributed by atoms with Crippen molar-refractivity contribution in [2.75, 3.05) is 13.1 Å². The smallest absolute Gasteiger partial charge is 0.335 e. The zero-order valence-corrected chi connectivity index (χ0v) is 15.7. The summed E-state index contributed by atoms with van der Waals surface area (Å²) < 4.78 is 1.62. The first-order valence-electron chi connectivity index (χ1n) is 8.68. The maximum absolute atomic E-state index is 12.7. The maximum Gasteiger partial charge on any atom is 0.335 e. The highest BCUT2D eigenvalue weighted by Crippen LogP contribution is 2.26. The molecule has 1 saturated heterocycles. The number of piperidine rings is 1. The number of aryl methyl sites for hydroxylation is 1. The number of rotatable bonds is 4. The molecular formula is C19H22ClN3O3. The van der Waals surface area contributed by atoms with Gasteiger partial charge in [0.05, 0.1) is 16.3 Å². The van der Waals surface area contributed by atoms with Gasteiger partial charge in [0.15, 0.2) is 5.69 Å². The van der Waals surface area contributed by atoms with Crippen molar-refractivity contribution >= 4 is 23.5 Å². The molecule has 1 amide bonds. The number of likely N-dealkylation sites (tertiary alicyclic amines) is 1. The molecule has 1 aliphatic rings. The van der Waals surface area contributed by atoms with Crippen LogP contribution < -0.4 is 0 Å². The molecule has 0 radical (unpaired) electrons. The summed E-state index contributed by atoms with van der Waals surface area (Å²) in [7, 11) is 1.77. The predicted molar refractivity (Wildman–Crippen MR) is 98.7 cm³/mol. The number of carbonyl (C=O) groups is 2. The highest BCUT2D eigenvalue weighted by Gasteiger charge is 2.28. The zero-order valence-electron chi connectivity index (χ0n) is 14.9. The lowest BCUT2D eigenvalue weighted by Crippen LogP contribution is -2.39. The minimum atomic E-state index is -0.895.